The summed E-state index contributed by atoms with van der Waals surface area (Å²) in [6.07, 6.45) is 3.97. The minimum atomic E-state index is 0.514. The standard InChI is InChI=1S/C14H21N3O/c1-18-13-4-2-3-12(14(13)15)16-10-7-8-17(9-10)11-5-6-11/h2-4,10-11,16H,5-9,15H2,1H3. The molecule has 1 aliphatic carbocycles. The van der Waals surface area contributed by atoms with E-state index in [1.54, 1.807) is 7.11 Å². The molecule has 1 aromatic rings. The third-order valence-electron chi connectivity index (χ3n) is 3.93. The van der Waals surface area contributed by atoms with Gasteiger partial charge in [-0.2, -0.15) is 0 Å². The fourth-order valence-electron chi connectivity index (χ4n) is 2.74. The maximum absolute atomic E-state index is 6.08. The van der Waals surface area contributed by atoms with Crippen LogP contribution in [0.2, 0.25) is 0 Å². The van der Waals surface area contributed by atoms with Crippen molar-refractivity contribution in [3.05, 3.63) is 18.2 Å². The molecular weight excluding hydrogens is 226 g/mol. The number of anilines is 2. The Morgan fingerprint density at radius 3 is 2.89 bits per heavy atom. The van der Waals surface area contributed by atoms with Crippen LogP contribution in [-0.4, -0.2) is 37.2 Å². The van der Waals surface area contributed by atoms with Crippen LogP contribution in [-0.2, 0) is 0 Å². The molecule has 1 aromatic carbocycles. The smallest absolute Gasteiger partial charge is 0.143 e. The lowest BCUT2D eigenvalue weighted by Crippen LogP contribution is -2.27. The first-order valence-corrected chi connectivity index (χ1v) is 6.71. The topological polar surface area (TPSA) is 50.5 Å². The molecule has 0 amide bonds. The number of benzene rings is 1. The van der Waals surface area contributed by atoms with E-state index < -0.39 is 0 Å². The van der Waals surface area contributed by atoms with Gasteiger partial charge in [-0.1, -0.05) is 6.07 Å². The van der Waals surface area contributed by atoms with Crippen molar-refractivity contribution in [1.29, 1.82) is 0 Å². The van der Waals surface area contributed by atoms with Gasteiger partial charge in [0.25, 0.3) is 0 Å². The molecule has 1 unspecified atom stereocenters. The SMILES string of the molecule is COc1cccc(NC2CCN(C3CC3)C2)c1N. The summed E-state index contributed by atoms with van der Waals surface area (Å²) in [6.45, 7) is 2.35. The molecule has 1 saturated heterocycles. The normalized spacial score (nSPS) is 24.2. The van der Waals surface area contributed by atoms with Gasteiger partial charge in [0.1, 0.15) is 5.75 Å². The Morgan fingerprint density at radius 1 is 1.33 bits per heavy atom. The molecule has 1 heterocycles. The molecule has 0 radical (unpaired) electrons. The summed E-state index contributed by atoms with van der Waals surface area (Å²) in [5.41, 5.74) is 7.79. The van der Waals surface area contributed by atoms with Crippen LogP contribution < -0.4 is 15.8 Å². The van der Waals surface area contributed by atoms with E-state index in [0.29, 0.717) is 11.7 Å². The fraction of sp³-hybridized carbons (Fsp3) is 0.571. The van der Waals surface area contributed by atoms with Gasteiger partial charge in [0, 0.05) is 25.2 Å². The monoisotopic (exact) mass is 247 g/mol. The Bertz CT molecular complexity index is 431. The van der Waals surface area contributed by atoms with Gasteiger partial charge < -0.3 is 15.8 Å². The Labute approximate surface area is 108 Å². The minimum absolute atomic E-state index is 0.514. The molecule has 0 bridgehead atoms. The van der Waals surface area contributed by atoms with Crippen LogP contribution in [0.3, 0.4) is 0 Å². The summed E-state index contributed by atoms with van der Waals surface area (Å²) in [7, 11) is 1.65. The summed E-state index contributed by atoms with van der Waals surface area (Å²) in [4.78, 5) is 2.59. The molecule has 4 nitrogen and oxygen atoms in total. The highest BCUT2D eigenvalue weighted by Crippen LogP contribution is 2.33. The van der Waals surface area contributed by atoms with E-state index in [-0.39, 0.29) is 0 Å². The molecule has 18 heavy (non-hydrogen) atoms. The quantitative estimate of drug-likeness (QED) is 0.798. The van der Waals surface area contributed by atoms with Crippen molar-refractivity contribution >= 4 is 11.4 Å². The lowest BCUT2D eigenvalue weighted by molar-refractivity contribution is 0.326. The minimum Gasteiger partial charge on any atom is -0.495 e. The molecule has 3 rings (SSSR count). The zero-order valence-corrected chi connectivity index (χ0v) is 10.9. The van der Waals surface area contributed by atoms with E-state index in [2.05, 4.69) is 10.2 Å². The lowest BCUT2D eigenvalue weighted by Gasteiger charge is -2.18. The maximum Gasteiger partial charge on any atom is 0.143 e. The molecule has 98 valence electrons. The van der Waals surface area contributed by atoms with Gasteiger partial charge >= 0.3 is 0 Å². The van der Waals surface area contributed by atoms with Crippen molar-refractivity contribution in [2.45, 2.75) is 31.3 Å². The zero-order valence-electron chi connectivity index (χ0n) is 10.9. The molecule has 1 aliphatic heterocycles. The highest BCUT2D eigenvalue weighted by molar-refractivity contribution is 5.73. The molecule has 1 saturated carbocycles. The zero-order chi connectivity index (χ0) is 12.5. The van der Waals surface area contributed by atoms with Gasteiger partial charge in [-0.15, -0.1) is 0 Å². The van der Waals surface area contributed by atoms with E-state index in [4.69, 9.17) is 10.5 Å². The van der Waals surface area contributed by atoms with Crippen LogP contribution in [0.5, 0.6) is 5.75 Å². The highest BCUT2D eigenvalue weighted by atomic mass is 16.5. The molecule has 0 aromatic heterocycles. The average molecular weight is 247 g/mol. The van der Waals surface area contributed by atoms with Gasteiger partial charge in [-0.25, -0.2) is 0 Å². The van der Waals surface area contributed by atoms with Crippen molar-refractivity contribution in [3.8, 4) is 5.75 Å². The number of methoxy groups -OCH3 is 1. The van der Waals surface area contributed by atoms with Crippen molar-refractivity contribution in [1.82, 2.24) is 4.90 Å². The molecule has 1 atom stereocenters. The van der Waals surface area contributed by atoms with Gasteiger partial charge in [0.15, 0.2) is 0 Å². The van der Waals surface area contributed by atoms with Crippen LogP contribution in [0.1, 0.15) is 19.3 Å². The van der Waals surface area contributed by atoms with Gasteiger partial charge in [0.05, 0.1) is 18.5 Å². The van der Waals surface area contributed by atoms with Crippen LogP contribution in [0.15, 0.2) is 18.2 Å². The second kappa shape index (κ2) is 4.69. The first-order chi connectivity index (χ1) is 8.78. The van der Waals surface area contributed by atoms with Crippen molar-refractivity contribution in [2.75, 3.05) is 31.2 Å². The summed E-state index contributed by atoms with van der Waals surface area (Å²) >= 11 is 0. The second-order valence-electron chi connectivity index (χ2n) is 5.28. The Kier molecular flexibility index (Phi) is 3.04. The summed E-state index contributed by atoms with van der Waals surface area (Å²) in [5.74, 6) is 0.747. The van der Waals surface area contributed by atoms with Crippen molar-refractivity contribution < 1.29 is 4.74 Å². The third kappa shape index (κ3) is 2.25. The summed E-state index contributed by atoms with van der Waals surface area (Å²) in [5, 5.41) is 3.55. The Hall–Kier alpha value is -1.42. The number of nitrogen functional groups attached to an aromatic ring is 1. The van der Waals surface area contributed by atoms with E-state index >= 15 is 0 Å². The Balaban J connectivity index is 1.65. The Morgan fingerprint density at radius 2 is 2.17 bits per heavy atom. The summed E-state index contributed by atoms with van der Waals surface area (Å²) < 4.78 is 5.24. The molecule has 4 heteroatoms. The highest BCUT2D eigenvalue weighted by Gasteiger charge is 2.34. The van der Waals surface area contributed by atoms with E-state index in [0.717, 1.165) is 24.0 Å². The summed E-state index contributed by atoms with van der Waals surface area (Å²) in [6, 6.07) is 7.27. The van der Waals surface area contributed by atoms with Crippen LogP contribution in [0.4, 0.5) is 11.4 Å². The van der Waals surface area contributed by atoms with E-state index in [9.17, 15) is 0 Å². The number of nitrogens with one attached hydrogen (secondary N) is 1. The molecular formula is C14H21N3O. The first-order valence-electron chi connectivity index (χ1n) is 6.71. The number of hydrogen-bond donors (Lipinski definition) is 2. The van der Waals surface area contributed by atoms with Crippen LogP contribution in [0, 0.1) is 0 Å². The average Bonchev–Trinajstić information content (AvgIpc) is 3.13. The third-order valence-corrected chi connectivity index (χ3v) is 3.93. The number of likely N-dealkylation sites (tertiary alicyclic amines) is 1. The van der Waals surface area contributed by atoms with Crippen molar-refractivity contribution in [3.63, 3.8) is 0 Å². The predicted molar refractivity (Wildman–Crippen MR) is 74.0 cm³/mol. The van der Waals surface area contributed by atoms with Crippen LogP contribution >= 0.6 is 0 Å². The van der Waals surface area contributed by atoms with Gasteiger partial charge in [-0.05, 0) is 31.4 Å². The molecule has 2 fully saturated rings. The van der Waals surface area contributed by atoms with Crippen LogP contribution in [0.25, 0.3) is 0 Å². The van der Waals surface area contributed by atoms with Crippen molar-refractivity contribution in [2.24, 2.45) is 0 Å². The van der Waals surface area contributed by atoms with E-state index in [1.807, 2.05) is 18.2 Å². The lowest BCUT2D eigenvalue weighted by atomic mass is 10.2. The number of hydrogen-bond acceptors (Lipinski definition) is 4. The van der Waals surface area contributed by atoms with Gasteiger partial charge in [-0.3, -0.25) is 4.90 Å². The predicted octanol–water partition coefficient (Wildman–Crippen LogP) is 1.93. The number of nitrogens with zero attached hydrogens (tertiary/aromatic N) is 1. The fourth-order valence-corrected chi connectivity index (χ4v) is 2.74. The maximum atomic E-state index is 6.08. The number of rotatable bonds is 4. The number of ether oxygens (including phenoxy) is 1. The molecule has 3 N–H and O–H groups in total. The molecule has 0 spiro atoms. The second-order valence-corrected chi connectivity index (χ2v) is 5.28. The van der Waals surface area contributed by atoms with Gasteiger partial charge in [0.2, 0.25) is 0 Å². The number of nitrogens with two attached hydrogens (primary N) is 1. The first kappa shape index (κ1) is 11.7. The molecule has 2 aliphatic rings. The van der Waals surface area contributed by atoms with E-state index in [1.165, 1.54) is 25.8 Å². The number of para-hydroxylation sites is 1. The largest absolute Gasteiger partial charge is 0.495 e.